The second kappa shape index (κ2) is 11.1. The molecule has 7 heteroatoms. The van der Waals surface area contributed by atoms with Crippen LogP contribution in [0.4, 0.5) is 0 Å². The number of carbonyl (C=O) groups is 1. The van der Waals surface area contributed by atoms with Gasteiger partial charge in [0.1, 0.15) is 11.5 Å². The summed E-state index contributed by atoms with van der Waals surface area (Å²) in [4.78, 5) is 13.8. The number of benzene rings is 2. The lowest BCUT2D eigenvalue weighted by Gasteiger charge is -2.37. The van der Waals surface area contributed by atoms with Crippen LogP contribution in [0.3, 0.4) is 0 Å². The van der Waals surface area contributed by atoms with E-state index in [1.54, 1.807) is 14.2 Å². The average molecular weight is 444 g/mol. The van der Waals surface area contributed by atoms with Gasteiger partial charge in [0.2, 0.25) is 0 Å². The van der Waals surface area contributed by atoms with Crippen molar-refractivity contribution in [2.24, 2.45) is 5.92 Å². The van der Waals surface area contributed by atoms with Crippen LogP contribution in [-0.4, -0.2) is 56.5 Å². The molecule has 0 saturated carbocycles. The van der Waals surface area contributed by atoms with E-state index < -0.39 is 5.97 Å². The Balaban J connectivity index is 2.08. The first-order valence-corrected chi connectivity index (χ1v) is 11.1. The Labute approximate surface area is 189 Å². The first-order chi connectivity index (χ1) is 15.5. The van der Waals surface area contributed by atoms with Gasteiger partial charge in [-0.3, -0.25) is 9.69 Å². The number of likely N-dealkylation sites (tertiary alicyclic amines) is 1. The fraction of sp³-hybridized carbons (Fsp3) is 0.480. The number of piperidine rings is 1. The van der Waals surface area contributed by atoms with Crippen molar-refractivity contribution in [3.05, 3.63) is 47.5 Å². The molecule has 0 bridgehead atoms. The molecule has 1 unspecified atom stereocenters. The lowest BCUT2D eigenvalue weighted by molar-refractivity contribution is -0.143. The topological polar surface area (TPSA) is 77.5 Å². The van der Waals surface area contributed by atoms with Crippen molar-refractivity contribution in [3.8, 4) is 23.0 Å². The number of methoxy groups -OCH3 is 2. The van der Waals surface area contributed by atoms with Crippen molar-refractivity contribution >= 4 is 5.97 Å². The van der Waals surface area contributed by atoms with Crippen molar-refractivity contribution in [1.82, 2.24) is 4.90 Å². The zero-order valence-corrected chi connectivity index (χ0v) is 19.3. The Morgan fingerprint density at radius 3 is 2.22 bits per heavy atom. The highest BCUT2D eigenvalue weighted by molar-refractivity contribution is 5.70. The molecule has 0 spiro atoms. The highest BCUT2D eigenvalue weighted by atomic mass is 16.5. The zero-order valence-electron chi connectivity index (χ0n) is 19.3. The Hall–Kier alpha value is -2.93. The van der Waals surface area contributed by atoms with Crippen LogP contribution in [0.5, 0.6) is 23.0 Å². The summed E-state index contributed by atoms with van der Waals surface area (Å²) in [5.74, 6) is 1.86. The van der Waals surface area contributed by atoms with E-state index in [-0.39, 0.29) is 12.0 Å². The number of carboxylic acids is 1. The van der Waals surface area contributed by atoms with Gasteiger partial charge < -0.3 is 24.1 Å². The minimum absolute atomic E-state index is 0.148. The Morgan fingerprint density at radius 2 is 1.62 bits per heavy atom. The molecule has 1 heterocycles. The minimum Gasteiger partial charge on any atom is -0.497 e. The van der Waals surface area contributed by atoms with Crippen molar-refractivity contribution in [2.45, 2.75) is 32.7 Å². The van der Waals surface area contributed by atoms with Gasteiger partial charge in [-0.15, -0.1) is 0 Å². The Bertz CT molecular complexity index is 907. The van der Waals surface area contributed by atoms with Crippen LogP contribution in [0.25, 0.3) is 0 Å². The first kappa shape index (κ1) is 23.7. The van der Waals surface area contributed by atoms with Crippen LogP contribution in [0, 0.1) is 5.92 Å². The maximum absolute atomic E-state index is 11.5. The van der Waals surface area contributed by atoms with Gasteiger partial charge in [-0.1, -0.05) is 6.07 Å². The quantitative estimate of drug-likeness (QED) is 0.584. The second-order valence-electron chi connectivity index (χ2n) is 7.73. The van der Waals surface area contributed by atoms with Crippen molar-refractivity contribution in [3.63, 3.8) is 0 Å². The largest absolute Gasteiger partial charge is 0.497 e. The van der Waals surface area contributed by atoms with Gasteiger partial charge in [0.05, 0.1) is 39.4 Å². The molecule has 3 rings (SSSR count). The van der Waals surface area contributed by atoms with E-state index in [9.17, 15) is 9.90 Å². The summed E-state index contributed by atoms with van der Waals surface area (Å²) in [6.45, 7) is 6.30. The van der Waals surface area contributed by atoms with Crippen molar-refractivity contribution in [1.29, 1.82) is 0 Å². The molecule has 0 amide bonds. The van der Waals surface area contributed by atoms with Gasteiger partial charge in [-0.25, -0.2) is 0 Å². The predicted molar refractivity (Wildman–Crippen MR) is 122 cm³/mol. The molecule has 2 aromatic rings. The number of nitrogens with zero attached hydrogens (tertiary/aromatic N) is 1. The van der Waals surface area contributed by atoms with Crippen LogP contribution in [-0.2, 0) is 4.79 Å². The van der Waals surface area contributed by atoms with Crippen LogP contribution in [0.1, 0.15) is 43.9 Å². The highest BCUT2D eigenvalue weighted by Gasteiger charge is 2.32. The van der Waals surface area contributed by atoms with Gasteiger partial charge in [0.15, 0.2) is 11.5 Å². The van der Waals surface area contributed by atoms with E-state index in [0.29, 0.717) is 50.6 Å². The molecule has 2 aromatic carbocycles. The van der Waals surface area contributed by atoms with Crippen LogP contribution in [0.2, 0.25) is 0 Å². The summed E-state index contributed by atoms with van der Waals surface area (Å²) in [6.07, 6.45) is 1.21. The molecule has 1 aliphatic rings. The van der Waals surface area contributed by atoms with Crippen molar-refractivity contribution < 1.29 is 28.8 Å². The maximum Gasteiger partial charge on any atom is 0.306 e. The SMILES string of the molecule is CCOc1ccc(C(c2cc(OC)ccc2OC)N2CCC(C(=O)O)CC2)cc1OCC. The molecule has 0 aromatic heterocycles. The summed E-state index contributed by atoms with van der Waals surface area (Å²) in [6, 6.07) is 11.6. The van der Waals surface area contributed by atoms with E-state index >= 15 is 0 Å². The number of carboxylic acid groups (broad SMARTS) is 1. The third-order valence-electron chi connectivity index (χ3n) is 5.86. The summed E-state index contributed by atoms with van der Waals surface area (Å²) < 4.78 is 22.8. The van der Waals surface area contributed by atoms with Gasteiger partial charge in [-0.05, 0) is 75.7 Å². The average Bonchev–Trinajstić information content (AvgIpc) is 2.81. The zero-order chi connectivity index (χ0) is 23.1. The highest BCUT2D eigenvalue weighted by Crippen LogP contribution is 2.41. The molecule has 1 aliphatic heterocycles. The molecular formula is C25H33NO6. The van der Waals surface area contributed by atoms with E-state index in [2.05, 4.69) is 4.90 Å². The van der Waals surface area contributed by atoms with Crippen molar-refractivity contribution in [2.75, 3.05) is 40.5 Å². The monoisotopic (exact) mass is 443 g/mol. The standard InChI is InChI=1S/C25H33NO6/c1-5-31-22-9-7-18(15-23(22)32-6-2)24(26-13-11-17(12-14-26)25(27)28)20-16-19(29-3)8-10-21(20)30-4/h7-10,15-17,24H,5-6,11-14H2,1-4H3,(H,27,28). The third kappa shape index (κ3) is 5.27. The van der Waals surface area contributed by atoms with Crippen LogP contribution >= 0.6 is 0 Å². The molecule has 1 fully saturated rings. The molecule has 174 valence electrons. The molecule has 7 nitrogen and oxygen atoms in total. The smallest absolute Gasteiger partial charge is 0.306 e. The van der Waals surface area contributed by atoms with E-state index in [1.165, 1.54) is 0 Å². The summed E-state index contributed by atoms with van der Waals surface area (Å²) in [5.41, 5.74) is 1.99. The minimum atomic E-state index is -0.722. The van der Waals surface area contributed by atoms with E-state index in [0.717, 1.165) is 22.6 Å². The number of hydrogen-bond donors (Lipinski definition) is 1. The van der Waals surface area contributed by atoms with Gasteiger partial charge >= 0.3 is 5.97 Å². The third-order valence-corrected chi connectivity index (χ3v) is 5.86. The molecular weight excluding hydrogens is 410 g/mol. The lowest BCUT2D eigenvalue weighted by atomic mass is 9.90. The number of ether oxygens (including phenoxy) is 4. The van der Waals surface area contributed by atoms with Gasteiger partial charge in [-0.2, -0.15) is 0 Å². The van der Waals surface area contributed by atoms with Crippen LogP contribution in [0.15, 0.2) is 36.4 Å². The van der Waals surface area contributed by atoms with Crippen LogP contribution < -0.4 is 18.9 Å². The summed E-state index contributed by atoms with van der Waals surface area (Å²) >= 11 is 0. The summed E-state index contributed by atoms with van der Waals surface area (Å²) in [5, 5.41) is 9.44. The molecule has 1 atom stereocenters. The number of hydrogen-bond acceptors (Lipinski definition) is 6. The number of rotatable bonds is 10. The Morgan fingerprint density at radius 1 is 0.969 bits per heavy atom. The number of aliphatic carboxylic acids is 1. The van der Waals surface area contributed by atoms with E-state index in [4.69, 9.17) is 18.9 Å². The molecule has 1 saturated heterocycles. The fourth-order valence-corrected chi connectivity index (χ4v) is 4.28. The van der Waals surface area contributed by atoms with Gasteiger partial charge in [0, 0.05) is 5.56 Å². The lowest BCUT2D eigenvalue weighted by Crippen LogP contribution is -2.39. The molecule has 1 N–H and O–H groups in total. The first-order valence-electron chi connectivity index (χ1n) is 11.1. The maximum atomic E-state index is 11.5. The normalized spacial score (nSPS) is 15.8. The van der Waals surface area contributed by atoms with Gasteiger partial charge in [0.25, 0.3) is 0 Å². The van der Waals surface area contributed by atoms with E-state index in [1.807, 2.05) is 50.2 Å². The predicted octanol–water partition coefficient (Wildman–Crippen LogP) is 4.39. The molecule has 32 heavy (non-hydrogen) atoms. The molecule has 0 radical (unpaired) electrons. The summed E-state index contributed by atoms with van der Waals surface area (Å²) in [7, 11) is 3.30. The fourth-order valence-electron chi connectivity index (χ4n) is 4.28. The second-order valence-corrected chi connectivity index (χ2v) is 7.73. The Kier molecular flexibility index (Phi) is 8.22. The molecule has 0 aliphatic carbocycles.